The van der Waals surface area contributed by atoms with Crippen molar-refractivity contribution in [2.24, 2.45) is 5.92 Å². The van der Waals surface area contributed by atoms with Crippen LogP contribution in [0.3, 0.4) is 0 Å². The standard InChI is InChI=1S/C28H29F3N4O/c29-28(30,31)23-8-9-25-22(15-23)16-24(27(36)33-18-21-7-4-11-32-17-21)26-19-34(13-14-35(25)26)12-10-20-5-2-1-3-6-20/h1-9,11,15,17,24,26H,10,12-14,16,18-19H2,(H,33,36)/t24-,26-/m0/s1. The maximum absolute atomic E-state index is 13.4. The Morgan fingerprint density at radius 2 is 1.83 bits per heavy atom. The molecule has 0 saturated carbocycles. The molecule has 0 spiro atoms. The molecule has 2 atom stereocenters. The number of piperazine rings is 1. The normalized spacial score (nSPS) is 19.9. The van der Waals surface area contributed by atoms with Crippen molar-refractivity contribution in [1.29, 1.82) is 0 Å². The van der Waals surface area contributed by atoms with E-state index in [4.69, 9.17) is 0 Å². The number of hydrogen-bond acceptors (Lipinski definition) is 4. The van der Waals surface area contributed by atoms with Crippen LogP contribution in [0.15, 0.2) is 73.1 Å². The van der Waals surface area contributed by atoms with Crippen LogP contribution >= 0.6 is 0 Å². The summed E-state index contributed by atoms with van der Waals surface area (Å²) in [5.41, 5.74) is 2.87. The lowest BCUT2D eigenvalue weighted by Crippen LogP contribution is -2.61. The van der Waals surface area contributed by atoms with Crippen LogP contribution in [0, 0.1) is 5.92 Å². The summed E-state index contributed by atoms with van der Waals surface area (Å²) in [6, 6.07) is 17.8. The summed E-state index contributed by atoms with van der Waals surface area (Å²) in [5.74, 6) is -0.584. The van der Waals surface area contributed by atoms with E-state index in [2.05, 4.69) is 32.2 Å². The quantitative estimate of drug-likeness (QED) is 0.555. The van der Waals surface area contributed by atoms with Crippen LogP contribution in [0.2, 0.25) is 0 Å². The summed E-state index contributed by atoms with van der Waals surface area (Å²) in [7, 11) is 0. The Morgan fingerprint density at radius 1 is 1.03 bits per heavy atom. The second kappa shape index (κ2) is 10.3. The van der Waals surface area contributed by atoms with Crippen LogP contribution in [0.1, 0.15) is 22.3 Å². The molecule has 2 aromatic carbocycles. The minimum atomic E-state index is -4.42. The Bertz CT molecular complexity index is 1190. The highest BCUT2D eigenvalue weighted by Crippen LogP contribution is 2.39. The van der Waals surface area contributed by atoms with Crippen LogP contribution < -0.4 is 10.2 Å². The van der Waals surface area contributed by atoms with Crippen LogP contribution in [0.25, 0.3) is 0 Å². The van der Waals surface area contributed by atoms with Gasteiger partial charge in [-0.05, 0) is 53.8 Å². The van der Waals surface area contributed by atoms with Gasteiger partial charge in [-0.1, -0.05) is 36.4 Å². The molecular weight excluding hydrogens is 465 g/mol. The molecule has 1 amide bonds. The predicted molar refractivity (Wildman–Crippen MR) is 132 cm³/mol. The Labute approximate surface area is 208 Å². The Balaban J connectivity index is 1.36. The number of carbonyl (C=O) groups is 1. The molecule has 0 aliphatic carbocycles. The van der Waals surface area contributed by atoms with Gasteiger partial charge in [-0.2, -0.15) is 13.2 Å². The van der Waals surface area contributed by atoms with E-state index in [1.807, 2.05) is 30.3 Å². The van der Waals surface area contributed by atoms with Crippen molar-refractivity contribution in [3.05, 3.63) is 95.3 Å². The zero-order chi connectivity index (χ0) is 25.1. The first-order chi connectivity index (χ1) is 17.4. The number of amides is 1. The monoisotopic (exact) mass is 494 g/mol. The lowest BCUT2D eigenvalue weighted by Gasteiger charge is -2.49. The van der Waals surface area contributed by atoms with Gasteiger partial charge in [0.15, 0.2) is 0 Å². The van der Waals surface area contributed by atoms with Gasteiger partial charge in [0.05, 0.1) is 17.5 Å². The first-order valence-electron chi connectivity index (χ1n) is 12.3. The molecular formula is C28H29F3N4O. The van der Waals surface area contributed by atoms with Crippen LogP contribution in [0.4, 0.5) is 18.9 Å². The molecule has 0 bridgehead atoms. The molecule has 5 rings (SSSR count). The lowest BCUT2D eigenvalue weighted by atomic mass is 9.82. The van der Waals surface area contributed by atoms with E-state index in [-0.39, 0.29) is 18.4 Å². The number of halogens is 3. The summed E-state index contributed by atoms with van der Waals surface area (Å²) in [6.07, 6.45) is 0.151. The average Bonchev–Trinajstić information content (AvgIpc) is 2.90. The zero-order valence-electron chi connectivity index (χ0n) is 19.9. The fourth-order valence-corrected chi connectivity index (χ4v) is 5.32. The molecule has 3 aromatic rings. The highest BCUT2D eigenvalue weighted by atomic mass is 19.4. The van der Waals surface area contributed by atoms with E-state index in [1.54, 1.807) is 18.5 Å². The van der Waals surface area contributed by atoms with Crippen molar-refractivity contribution in [3.63, 3.8) is 0 Å². The average molecular weight is 495 g/mol. The first kappa shape index (κ1) is 24.3. The molecule has 1 saturated heterocycles. The molecule has 2 aliphatic heterocycles. The largest absolute Gasteiger partial charge is 0.416 e. The summed E-state index contributed by atoms with van der Waals surface area (Å²) in [4.78, 5) is 22.0. The molecule has 2 aliphatic rings. The number of hydrogen-bond donors (Lipinski definition) is 1. The number of nitrogens with one attached hydrogen (secondary N) is 1. The Morgan fingerprint density at radius 3 is 2.58 bits per heavy atom. The van der Waals surface area contributed by atoms with Crippen molar-refractivity contribution >= 4 is 11.6 Å². The number of aromatic nitrogens is 1. The third-order valence-corrected chi connectivity index (χ3v) is 7.21. The molecule has 5 nitrogen and oxygen atoms in total. The minimum Gasteiger partial charge on any atom is -0.365 e. The van der Waals surface area contributed by atoms with Crippen molar-refractivity contribution in [1.82, 2.24) is 15.2 Å². The highest BCUT2D eigenvalue weighted by Gasteiger charge is 2.42. The van der Waals surface area contributed by atoms with Gasteiger partial charge in [0.1, 0.15) is 0 Å². The first-order valence-corrected chi connectivity index (χ1v) is 12.3. The molecule has 36 heavy (non-hydrogen) atoms. The summed E-state index contributed by atoms with van der Waals surface area (Å²) < 4.78 is 40.3. The molecule has 1 fully saturated rings. The fraction of sp³-hybridized carbons (Fsp3) is 0.357. The summed E-state index contributed by atoms with van der Waals surface area (Å²) in [6.45, 7) is 3.37. The number of carbonyl (C=O) groups excluding carboxylic acids is 1. The van der Waals surface area contributed by atoms with Gasteiger partial charge in [0.25, 0.3) is 0 Å². The Kier molecular flexibility index (Phi) is 6.96. The van der Waals surface area contributed by atoms with Crippen molar-refractivity contribution < 1.29 is 18.0 Å². The maximum Gasteiger partial charge on any atom is 0.416 e. The number of benzene rings is 2. The van der Waals surface area contributed by atoms with E-state index < -0.39 is 17.7 Å². The van der Waals surface area contributed by atoms with Gasteiger partial charge in [-0.25, -0.2) is 0 Å². The predicted octanol–water partition coefficient (Wildman–Crippen LogP) is 4.32. The lowest BCUT2D eigenvalue weighted by molar-refractivity contribution is -0.137. The third-order valence-electron chi connectivity index (χ3n) is 7.21. The number of anilines is 1. The molecule has 1 N–H and O–H groups in total. The van der Waals surface area contributed by atoms with E-state index in [0.29, 0.717) is 25.2 Å². The molecule has 0 unspecified atom stereocenters. The maximum atomic E-state index is 13.4. The second-order valence-electron chi connectivity index (χ2n) is 9.53. The SMILES string of the molecule is O=C(NCc1cccnc1)[C@H]1Cc2cc(C(F)(F)F)ccc2N2CCN(CCc3ccccc3)C[C@@H]12. The fourth-order valence-electron chi connectivity index (χ4n) is 5.32. The third kappa shape index (κ3) is 5.38. The van der Waals surface area contributed by atoms with Crippen molar-refractivity contribution in [2.75, 3.05) is 31.1 Å². The van der Waals surface area contributed by atoms with Gasteiger partial charge >= 0.3 is 6.18 Å². The number of nitrogens with zero attached hydrogens (tertiary/aromatic N) is 3. The van der Waals surface area contributed by atoms with E-state index in [0.717, 1.165) is 36.8 Å². The Hall–Kier alpha value is -3.39. The molecule has 8 heteroatoms. The van der Waals surface area contributed by atoms with Crippen molar-refractivity contribution in [2.45, 2.75) is 31.6 Å². The van der Waals surface area contributed by atoms with Gasteiger partial charge in [0.2, 0.25) is 5.91 Å². The zero-order valence-corrected chi connectivity index (χ0v) is 19.9. The second-order valence-corrected chi connectivity index (χ2v) is 9.53. The van der Waals surface area contributed by atoms with E-state index in [9.17, 15) is 18.0 Å². The smallest absolute Gasteiger partial charge is 0.365 e. The molecule has 188 valence electrons. The number of rotatable bonds is 6. The van der Waals surface area contributed by atoms with Gasteiger partial charge in [0, 0.05) is 50.8 Å². The molecule has 3 heterocycles. The summed E-state index contributed by atoms with van der Waals surface area (Å²) >= 11 is 0. The van der Waals surface area contributed by atoms with E-state index >= 15 is 0 Å². The van der Waals surface area contributed by atoms with Crippen LogP contribution in [-0.2, 0) is 30.4 Å². The topological polar surface area (TPSA) is 48.5 Å². The number of fused-ring (bicyclic) bond motifs is 3. The summed E-state index contributed by atoms with van der Waals surface area (Å²) in [5, 5.41) is 3.00. The molecule has 0 radical (unpaired) electrons. The van der Waals surface area contributed by atoms with Gasteiger partial charge in [-0.15, -0.1) is 0 Å². The van der Waals surface area contributed by atoms with Crippen LogP contribution in [0.5, 0.6) is 0 Å². The van der Waals surface area contributed by atoms with E-state index in [1.165, 1.54) is 11.6 Å². The number of alkyl halides is 3. The minimum absolute atomic E-state index is 0.104. The highest BCUT2D eigenvalue weighted by molar-refractivity contribution is 5.82. The molecule has 1 aromatic heterocycles. The van der Waals surface area contributed by atoms with Crippen molar-refractivity contribution in [3.8, 4) is 0 Å². The van der Waals surface area contributed by atoms with Crippen LogP contribution in [-0.4, -0.2) is 48.0 Å². The van der Waals surface area contributed by atoms with Gasteiger partial charge < -0.3 is 10.2 Å². The van der Waals surface area contributed by atoms with Gasteiger partial charge in [-0.3, -0.25) is 14.7 Å². The number of pyridine rings is 1.